The second-order valence-electron chi connectivity index (χ2n) is 5.56. The molecule has 0 saturated heterocycles. The highest BCUT2D eigenvalue weighted by Crippen LogP contribution is 2.30. The van der Waals surface area contributed by atoms with E-state index in [4.69, 9.17) is 21.1 Å². The number of aromatic nitrogens is 1. The van der Waals surface area contributed by atoms with Crippen molar-refractivity contribution in [3.8, 4) is 11.5 Å². The predicted octanol–water partition coefficient (Wildman–Crippen LogP) is 4.75. The van der Waals surface area contributed by atoms with Crippen molar-refractivity contribution in [3.63, 3.8) is 0 Å². The summed E-state index contributed by atoms with van der Waals surface area (Å²) >= 11 is 6.12. The van der Waals surface area contributed by atoms with Gasteiger partial charge < -0.3 is 20.1 Å². The Morgan fingerprint density at radius 3 is 2.44 bits per heavy atom. The molecular formula is C20H18ClN3O3. The fourth-order valence-electron chi connectivity index (χ4n) is 2.42. The number of hydrogen-bond acceptors (Lipinski definition) is 5. The van der Waals surface area contributed by atoms with E-state index in [-0.39, 0.29) is 5.91 Å². The zero-order valence-corrected chi connectivity index (χ0v) is 15.6. The number of hydrogen-bond donors (Lipinski definition) is 2. The highest BCUT2D eigenvalue weighted by molar-refractivity contribution is 6.33. The Hall–Kier alpha value is -3.25. The Kier molecular flexibility index (Phi) is 5.78. The van der Waals surface area contributed by atoms with E-state index in [2.05, 4.69) is 15.6 Å². The molecule has 1 aromatic heterocycles. The first-order chi connectivity index (χ1) is 13.1. The lowest BCUT2D eigenvalue weighted by molar-refractivity contribution is 0.102. The molecule has 0 unspecified atom stereocenters. The van der Waals surface area contributed by atoms with Gasteiger partial charge in [-0.2, -0.15) is 0 Å². The average Bonchev–Trinajstić information content (AvgIpc) is 2.70. The predicted molar refractivity (Wildman–Crippen MR) is 106 cm³/mol. The van der Waals surface area contributed by atoms with E-state index >= 15 is 0 Å². The summed E-state index contributed by atoms with van der Waals surface area (Å²) in [5.74, 6) is 1.43. The molecule has 0 saturated carbocycles. The number of pyridine rings is 1. The van der Waals surface area contributed by atoms with E-state index in [0.29, 0.717) is 33.6 Å². The monoisotopic (exact) mass is 383 g/mol. The number of methoxy groups -OCH3 is 2. The molecule has 0 aliphatic rings. The molecule has 27 heavy (non-hydrogen) atoms. The second kappa shape index (κ2) is 8.42. The number of para-hydroxylation sites is 1. The van der Waals surface area contributed by atoms with Crippen molar-refractivity contribution in [2.75, 3.05) is 24.9 Å². The van der Waals surface area contributed by atoms with Crippen LogP contribution in [0.3, 0.4) is 0 Å². The van der Waals surface area contributed by atoms with Gasteiger partial charge in [0.1, 0.15) is 5.82 Å². The van der Waals surface area contributed by atoms with E-state index in [1.807, 2.05) is 18.2 Å². The van der Waals surface area contributed by atoms with Gasteiger partial charge in [0.25, 0.3) is 5.91 Å². The first-order valence-electron chi connectivity index (χ1n) is 8.11. The van der Waals surface area contributed by atoms with Gasteiger partial charge in [0.05, 0.1) is 30.5 Å². The summed E-state index contributed by atoms with van der Waals surface area (Å²) in [6, 6.07) is 15.9. The van der Waals surface area contributed by atoms with Gasteiger partial charge in [0, 0.05) is 18.0 Å². The molecule has 2 aromatic carbocycles. The van der Waals surface area contributed by atoms with Crippen molar-refractivity contribution < 1.29 is 14.3 Å². The number of benzene rings is 2. The third-order valence-electron chi connectivity index (χ3n) is 3.80. The van der Waals surface area contributed by atoms with Gasteiger partial charge in [-0.15, -0.1) is 0 Å². The maximum absolute atomic E-state index is 12.4. The maximum atomic E-state index is 12.4. The third-order valence-corrected chi connectivity index (χ3v) is 4.13. The molecule has 0 bridgehead atoms. The number of nitrogens with one attached hydrogen (secondary N) is 2. The van der Waals surface area contributed by atoms with Crippen LogP contribution in [-0.2, 0) is 0 Å². The molecule has 2 N–H and O–H groups in total. The molecule has 0 aliphatic heterocycles. The average molecular weight is 384 g/mol. The zero-order valence-electron chi connectivity index (χ0n) is 14.8. The van der Waals surface area contributed by atoms with Crippen molar-refractivity contribution >= 4 is 34.7 Å². The van der Waals surface area contributed by atoms with Gasteiger partial charge in [0.2, 0.25) is 0 Å². The van der Waals surface area contributed by atoms with E-state index in [0.717, 1.165) is 5.69 Å². The maximum Gasteiger partial charge on any atom is 0.257 e. The van der Waals surface area contributed by atoms with Gasteiger partial charge in [-0.3, -0.25) is 4.79 Å². The van der Waals surface area contributed by atoms with Gasteiger partial charge in [0.15, 0.2) is 11.5 Å². The van der Waals surface area contributed by atoms with E-state index in [1.165, 1.54) is 13.3 Å². The van der Waals surface area contributed by atoms with Crippen molar-refractivity contribution in [1.82, 2.24) is 4.98 Å². The van der Waals surface area contributed by atoms with Crippen molar-refractivity contribution in [3.05, 3.63) is 71.4 Å². The van der Waals surface area contributed by atoms with Gasteiger partial charge in [-0.25, -0.2) is 4.98 Å². The summed E-state index contributed by atoms with van der Waals surface area (Å²) in [7, 11) is 3.10. The summed E-state index contributed by atoms with van der Waals surface area (Å²) in [5.41, 5.74) is 1.76. The standard InChI is InChI=1S/C20H18ClN3O3/c1-26-17-9-8-14(11-18(17)27-2)23-20(25)13-7-10-19(22-12-13)24-16-6-4-3-5-15(16)21/h3-12H,1-2H3,(H,22,24)(H,23,25). The molecule has 1 heterocycles. The number of nitrogens with zero attached hydrogens (tertiary/aromatic N) is 1. The number of carbonyl (C=O) groups is 1. The fourth-order valence-corrected chi connectivity index (χ4v) is 2.60. The molecule has 138 valence electrons. The van der Waals surface area contributed by atoms with Crippen molar-refractivity contribution in [1.29, 1.82) is 0 Å². The summed E-state index contributed by atoms with van der Waals surface area (Å²) in [6.07, 6.45) is 1.50. The minimum atomic E-state index is -0.279. The van der Waals surface area contributed by atoms with Crippen LogP contribution in [0.1, 0.15) is 10.4 Å². The van der Waals surface area contributed by atoms with Crippen LogP contribution in [0, 0.1) is 0 Å². The topological polar surface area (TPSA) is 72.5 Å². The molecule has 6 nitrogen and oxygen atoms in total. The first-order valence-corrected chi connectivity index (χ1v) is 8.49. The Balaban J connectivity index is 1.70. The van der Waals surface area contributed by atoms with E-state index in [9.17, 15) is 4.79 Å². The summed E-state index contributed by atoms with van der Waals surface area (Å²) < 4.78 is 10.4. The van der Waals surface area contributed by atoms with E-state index in [1.54, 1.807) is 43.5 Å². The molecule has 7 heteroatoms. The molecular weight excluding hydrogens is 366 g/mol. The van der Waals surface area contributed by atoms with Crippen LogP contribution in [0.4, 0.5) is 17.2 Å². The lowest BCUT2D eigenvalue weighted by Gasteiger charge is -2.11. The minimum absolute atomic E-state index is 0.279. The number of amides is 1. The number of carbonyl (C=O) groups excluding carboxylic acids is 1. The van der Waals surface area contributed by atoms with Crippen molar-refractivity contribution in [2.24, 2.45) is 0 Å². The quantitative estimate of drug-likeness (QED) is 0.642. The Bertz CT molecular complexity index is 945. The van der Waals surface area contributed by atoms with Crippen LogP contribution < -0.4 is 20.1 Å². The van der Waals surface area contributed by atoms with Crippen LogP contribution in [-0.4, -0.2) is 25.1 Å². The highest BCUT2D eigenvalue weighted by Gasteiger charge is 2.10. The fraction of sp³-hybridized carbons (Fsp3) is 0.100. The summed E-state index contributed by atoms with van der Waals surface area (Å²) in [4.78, 5) is 16.7. The summed E-state index contributed by atoms with van der Waals surface area (Å²) in [5, 5.41) is 6.51. The normalized spacial score (nSPS) is 10.2. The number of rotatable bonds is 6. The van der Waals surface area contributed by atoms with Gasteiger partial charge in [-0.1, -0.05) is 23.7 Å². The van der Waals surface area contributed by atoms with Crippen LogP contribution in [0.25, 0.3) is 0 Å². The zero-order chi connectivity index (χ0) is 19.2. The first kappa shape index (κ1) is 18.5. The molecule has 3 aromatic rings. The molecule has 0 spiro atoms. The SMILES string of the molecule is COc1ccc(NC(=O)c2ccc(Nc3ccccc3Cl)nc2)cc1OC. The Morgan fingerprint density at radius 2 is 1.78 bits per heavy atom. The second-order valence-corrected chi connectivity index (χ2v) is 5.97. The molecule has 0 radical (unpaired) electrons. The van der Waals surface area contributed by atoms with Crippen LogP contribution in [0.5, 0.6) is 11.5 Å². The number of anilines is 3. The van der Waals surface area contributed by atoms with E-state index < -0.39 is 0 Å². The smallest absolute Gasteiger partial charge is 0.257 e. The highest BCUT2D eigenvalue weighted by atomic mass is 35.5. The van der Waals surface area contributed by atoms with Gasteiger partial charge >= 0.3 is 0 Å². The molecule has 3 rings (SSSR count). The minimum Gasteiger partial charge on any atom is -0.493 e. The van der Waals surface area contributed by atoms with Gasteiger partial charge in [-0.05, 0) is 36.4 Å². The summed E-state index contributed by atoms with van der Waals surface area (Å²) in [6.45, 7) is 0. The lowest BCUT2D eigenvalue weighted by atomic mass is 10.2. The molecule has 0 fully saturated rings. The third kappa shape index (κ3) is 4.48. The largest absolute Gasteiger partial charge is 0.493 e. The number of halogens is 1. The molecule has 0 aliphatic carbocycles. The van der Waals surface area contributed by atoms with Crippen LogP contribution in [0.15, 0.2) is 60.8 Å². The Labute approximate surface area is 162 Å². The molecule has 1 amide bonds. The van der Waals surface area contributed by atoms with Crippen LogP contribution >= 0.6 is 11.6 Å². The number of ether oxygens (including phenoxy) is 2. The van der Waals surface area contributed by atoms with Crippen molar-refractivity contribution in [2.45, 2.75) is 0 Å². The Morgan fingerprint density at radius 1 is 1.00 bits per heavy atom. The van der Waals surface area contributed by atoms with Crippen LogP contribution in [0.2, 0.25) is 5.02 Å². The lowest BCUT2D eigenvalue weighted by Crippen LogP contribution is -2.12. The molecule has 0 atom stereocenters.